The Kier molecular flexibility index (Phi) is 4.66. The summed E-state index contributed by atoms with van der Waals surface area (Å²) in [5.41, 5.74) is 0.534. The van der Waals surface area contributed by atoms with E-state index >= 15 is 0 Å². The number of amides is 1. The van der Waals surface area contributed by atoms with Gasteiger partial charge in [-0.2, -0.15) is 0 Å². The molecule has 17 heavy (non-hydrogen) atoms. The Bertz CT molecular complexity index is 417. The summed E-state index contributed by atoms with van der Waals surface area (Å²) in [6.45, 7) is 2.10. The topological polar surface area (TPSA) is 66.8 Å². The Morgan fingerprint density at radius 2 is 2.00 bits per heavy atom. The van der Waals surface area contributed by atoms with Crippen LogP contribution in [0.3, 0.4) is 0 Å². The van der Waals surface area contributed by atoms with Crippen LogP contribution in [0.15, 0.2) is 24.3 Å². The number of rotatable bonds is 4. The molecule has 1 N–H and O–H groups in total. The van der Waals surface area contributed by atoms with Gasteiger partial charge in [-0.3, -0.25) is 10.0 Å². The van der Waals surface area contributed by atoms with Gasteiger partial charge < -0.3 is 4.74 Å². The van der Waals surface area contributed by atoms with Gasteiger partial charge in [0.1, 0.15) is 0 Å². The van der Waals surface area contributed by atoms with Gasteiger partial charge in [0.15, 0.2) is 0 Å². The third-order valence-corrected chi connectivity index (χ3v) is 2.20. The predicted octanol–water partition coefficient (Wildman–Crippen LogP) is 1.71. The van der Waals surface area contributed by atoms with Gasteiger partial charge in [0.05, 0.1) is 12.7 Å². The number of hydroxylamine groups is 2. The fourth-order valence-corrected chi connectivity index (χ4v) is 1.36. The van der Waals surface area contributed by atoms with E-state index in [0.29, 0.717) is 11.5 Å². The average molecular weight is 237 g/mol. The largest absolute Gasteiger partial charge is 0.465 e. The SMILES string of the molecule is CCCN(O)C(=O)c1cccc(C(=O)OC)c1. The number of benzene rings is 1. The first-order chi connectivity index (χ1) is 8.10. The van der Waals surface area contributed by atoms with Crippen molar-refractivity contribution in [1.82, 2.24) is 5.06 Å². The van der Waals surface area contributed by atoms with Crippen LogP contribution in [0.25, 0.3) is 0 Å². The number of carbonyl (C=O) groups is 2. The highest BCUT2D eigenvalue weighted by molar-refractivity contribution is 5.97. The highest BCUT2D eigenvalue weighted by atomic mass is 16.5. The Hall–Kier alpha value is -1.88. The zero-order valence-electron chi connectivity index (χ0n) is 9.84. The van der Waals surface area contributed by atoms with Gasteiger partial charge >= 0.3 is 5.97 Å². The van der Waals surface area contributed by atoms with Gasteiger partial charge in [0, 0.05) is 12.1 Å². The molecule has 1 aromatic rings. The first-order valence-electron chi connectivity index (χ1n) is 5.29. The van der Waals surface area contributed by atoms with E-state index in [4.69, 9.17) is 0 Å². The van der Waals surface area contributed by atoms with E-state index in [-0.39, 0.29) is 17.7 Å². The van der Waals surface area contributed by atoms with E-state index in [0.717, 1.165) is 0 Å². The van der Waals surface area contributed by atoms with Gasteiger partial charge in [0.25, 0.3) is 5.91 Å². The summed E-state index contributed by atoms with van der Waals surface area (Å²) in [5.74, 6) is -1.04. The second-order valence-corrected chi connectivity index (χ2v) is 3.50. The fraction of sp³-hybridized carbons (Fsp3) is 0.333. The van der Waals surface area contributed by atoms with Crippen molar-refractivity contribution in [3.63, 3.8) is 0 Å². The minimum absolute atomic E-state index is 0.251. The van der Waals surface area contributed by atoms with Crippen molar-refractivity contribution in [3.05, 3.63) is 35.4 Å². The number of hydrogen-bond acceptors (Lipinski definition) is 4. The summed E-state index contributed by atoms with van der Waals surface area (Å²) < 4.78 is 4.55. The zero-order chi connectivity index (χ0) is 12.8. The van der Waals surface area contributed by atoms with Crippen LogP contribution in [0.5, 0.6) is 0 Å². The molecule has 0 aliphatic carbocycles. The summed E-state index contributed by atoms with van der Waals surface area (Å²) in [6.07, 6.45) is 0.652. The molecule has 0 atom stereocenters. The highest BCUT2D eigenvalue weighted by Crippen LogP contribution is 2.09. The van der Waals surface area contributed by atoms with E-state index in [2.05, 4.69) is 4.74 Å². The van der Waals surface area contributed by atoms with E-state index in [1.807, 2.05) is 6.92 Å². The van der Waals surface area contributed by atoms with Crippen molar-refractivity contribution in [2.75, 3.05) is 13.7 Å². The van der Waals surface area contributed by atoms with Gasteiger partial charge in [-0.15, -0.1) is 0 Å². The maximum atomic E-state index is 11.7. The van der Waals surface area contributed by atoms with Gasteiger partial charge in [0.2, 0.25) is 0 Å². The van der Waals surface area contributed by atoms with Crippen LogP contribution in [0.2, 0.25) is 0 Å². The lowest BCUT2D eigenvalue weighted by Crippen LogP contribution is -2.28. The van der Waals surface area contributed by atoms with Crippen LogP contribution in [0, 0.1) is 0 Å². The predicted molar refractivity (Wildman–Crippen MR) is 60.9 cm³/mol. The zero-order valence-corrected chi connectivity index (χ0v) is 9.84. The van der Waals surface area contributed by atoms with Crippen molar-refractivity contribution >= 4 is 11.9 Å². The molecule has 0 saturated heterocycles. The molecule has 5 nitrogen and oxygen atoms in total. The van der Waals surface area contributed by atoms with Crippen LogP contribution in [0.1, 0.15) is 34.1 Å². The molecular weight excluding hydrogens is 222 g/mol. The number of hydrogen-bond donors (Lipinski definition) is 1. The summed E-state index contributed by atoms with van der Waals surface area (Å²) in [4.78, 5) is 23.0. The van der Waals surface area contributed by atoms with Crippen LogP contribution in [0.4, 0.5) is 0 Å². The molecule has 0 aliphatic heterocycles. The monoisotopic (exact) mass is 237 g/mol. The second kappa shape index (κ2) is 6.00. The van der Waals surface area contributed by atoms with Crippen molar-refractivity contribution in [3.8, 4) is 0 Å². The minimum atomic E-state index is -0.530. The second-order valence-electron chi connectivity index (χ2n) is 3.50. The minimum Gasteiger partial charge on any atom is -0.465 e. The normalized spacial score (nSPS) is 9.82. The van der Waals surface area contributed by atoms with Crippen molar-refractivity contribution in [1.29, 1.82) is 0 Å². The molecule has 1 aromatic carbocycles. The van der Waals surface area contributed by atoms with Gasteiger partial charge in [-0.05, 0) is 24.6 Å². The Balaban J connectivity index is 2.91. The summed E-state index contributed by atoms with van der Waals surface area (Å²) >= 11 is 0. The van der Waals surface area contributed by atoms with Crippen LogP contribution in [-0.4, -0.2) is 35.8 Å². The van der Waals surface area contributed by atoms with E-state index in [1.165, 1.54) is 19.2 Å². The molecule has 92 valence electrons. The number of nitrogens with zero attached hydrogens (tertiary/aromatic N) is 1. The Labute approximate surface area is 99.6 Å². The molecule has 0 unspecified atom stereocenters. The maximum Gasteiger partial charge on any atom is 0.337 e. The van der Waals surface area contributed by atoms with Crippen LogP contribution >= 0.6 is 0 Å². The molecule has 1 rings (SSSR count). The molecule has 0 radical (unpaired) electrons. The lowest BCUT2D eigenvalue weighted by molar-refractivity contribution is -0.0578. The molecule has 0 spiro atoms. The lowest BCUT2D eigenvalue weighted by atomic mass is 10.1. The molecule has 0 heterocycles. The van der Waals surface area contributed by atoms with Crippen molar-refractivity contribution in [2.24, 2.45) is 0 Å². The third kappa shape index (κ3) is 3.29. The summed E-state index contributed by atoms with van der Waals surface area (Å²) in [7, 11) is 1.27. The number of carbonyl (C=O) groups excluding carboxylic acids is 2. The van der Waals surface area contributed by atoms with Gasteiger partial charge in [-0.1, -0.05) is 13.0 Å². The van der Waals surface area contributed by atoms with Crippen LogP contribution in [-0.2, 0) is 4.74 Å². The van der Waals surface area contributed by atoms with Crippen LogP contribution < -0.4 is 0 Å². The van der Waals surface area contributed by atoms with Crippen molar-refractivity contribution < 1.29 is 19.5 Å². The Morgan fingerprint density at radius 3 is 2.59 bits per heavy atom. The summed E-state index contributed by atoms with van der Waals surface area (Å²) in [5, 5.41) is 10.1. The quantitative estimate of drug-likeness (QED) is 0.492. The van der Waals surface area contributed by atoms with Crippen molar-refractivity contribution in [2.45, 2.75) is 13.3 Å². The Morgan fingerprint density at radius 1 is 1.35 bits per heavy atom. The first kappa shape index (κ1) is 13.2. The van der Waals surface area contributed by atoms with E-state index < -0.39 is 11.9 Å². The van der Waals surface area contributed by atoms with E-state index in [9.17, 15) is 14.8 Å². The molecule has 1 amide bonds. The molecule has 0 aliphatic rings. The number of methoxy groups -OCH3 is 1. The molecule has 5 heteroatoms. The number of esters is 1. The first-order valence-corrected chi connectivity index (χ1v) is 5.29. The standard InChI is InChI=1S/C12H15NO4/c1-3-7-13(16)11(14)9-5-4-6-10(8-9)12(15)17-2/h4-6,8,16H,3,7H2,1-2H3. The molecule has 0 bridgehead atoms. The summed E-state index contributed by atoms with van der Waals surface area (Å²) in [6, 6.07) is 6.05. The van der Waals surface area contributed by atoms with Gasteiger partial charge in [-0.25, -0.2) is 9.86 Å². The van der Waals surface area contributed by atoms with E-state index in [1.54, 1.807) is 12.1 Å². The fourth-order valence-electron chi connectivity index (χ4n) is 1.36. The smallest absolute Gasteiger partial charge is 0.337 e. The molecular formula is C12H15NO4. The average Bonchev–Trinajstić information content (AvgIpc) is 2.37. The number of ether oxygens (including phenoxy) is 1. The maximum absolute atomic E-state index is 11.7. The molecule has 0 saturated carbocycles. The molecule has 0 fully saturated rings. The molecule has 0 aromatic heterocycles. The highest BCUT2D eigenvalue weighted by Gasteiger charge is 2.14. The lowest BCUT2D eigenvalue weighted by Gasteiger charge is -2.13. The third-order valence-electron chi connectivity index (χ3n) is 2.20.